The zero-order valence-electron chi connectivity index (χ0n) is 2.62. The molecule has 0 spiro atoms. The van der Waals surface area contributed by atoms with Crippen molar-refractivity contribution in [3.63, 3.8) is 0 Å². The van der Waals surface area contributed by atoms with E-state index in [2.05, 4.69) is 0 Å². The Balaban J connectivity index is 0. The quantitative estimate of drug-likeness (QED) is 0.228. The zero-order valence-corrected chi connectivity index (χ0v) is 19.4. The molecule has 38 valence electrons. The summed E-state index contributed by atoms with van der Waals surface area (Å²) in [7, 11) is 0. The molecule has 0 saturated carbocycles. The van der Waals surface area contributed by atoms with Crippen LogP contribution in [0.5, 0.6) is 0 Å². The molecule has 0 nitrogen and oxygen atoms in total. The van der Waals surface area contributed by atoms with E-state index in [0.717, 1.165) is 0 Å². The molecular formula is H14BBiPbSiTeZn. The second-order valence-electron chi connectivity index (χ2n) is 0. The molecule has 0 aliphatic heterocycles. The molecule has 0 rings (SSSR count). The van der Waals surface area contributed by atoms with Crippen LogP contribution in [0.4, 0.5) is 0 Å². The summed E-state index contributed by atoms with van der Waals surface area (Å²) >= 11 is 0. The van der Waals surface area contributed by atoms with Crippen LogP contribution in [0.1, 0.15) is 0 Å². The third kappa shape index (κ3) is 25.9. The fourth-order valence-corrected chi connectivity index (χ4v) is 0. The van der Waals surface area contributed by atoms with E-state index >= 15 is 0 Å². The Bertz CT molecular complexity index is 15.5. The van der Waals surface area contributed by atoms with Gasteiger partial charge < -0.3 is 0 Å². The van der Waals surface area contributed by atoms with E-state index in [4.69, 9.17) is 0 Å². The van der Waals surface area contributed by atoms with E-state index in [9.17, 15) is 0 Å². The molecule has 2 radical (unpaired) electrons. The van der Waals surface area contributed by atoms with Gasteiger partial charge in [0.1, 0.15) is 0 Å². The van der Waals surface area contributed by atoms with Crippen molar-refractivity contribution >= 4 is 96.5 Å². The molecule has 0 N–H and O–H groups in total. The van der Waals surface area contributed by atoms with Crippen LogP contribution >= 0.6 is 0 Å². The van der Waals surface area contributed by atoms with Gasteiger partial charge in [0.2, 0.25) is 0 Å². The van der Waals surface area contributed by atoms with Crippen LogP contribution < -0.4 is 0 Å². The summed E-state index contributed by atoms with van der Waals surface area (Å²) in [5.41, 5.74) is 0. The summed E-state index contributed by atoms with van der Waals surface area (Å²) in [5.74, 6) is 0. The molecule has 0 unspecified atom stereocenters. The molecule has 0 aromatic carbocycles. The molecule has 0 bridgehead atoms. The molecule has 0 aliphatic carbocycles. The predicted octanol–water partition coefficient (Wildman–Crippen LogP) is -5.65. The predicted molar refractivity (Wildman–Crippen MR) is 48.3 cm³/mol. The van der Waals surface area contributed by atoms with Crippen LogP contribution in [0.15, 0.2) is 0 Å². The molecule has 0 aromatic heterocycles. The van der Waals surface area contributed by atoms with Gasteiger partial charge in [-0.15, -0.1) is 0 Å². The van der Waals surface area contributed by atoms with Gasteiger partial charge in [-0.05, 0) is 11.0 Å². The van der Waals surface area contributed by atoms with E-state index < -0.39 is 0 Å². The third-order valence-electron chi connectivity index (χ3n) is 0. The summed E-state index contributed by atoms with van der Waals surface area (Å²) in [6.45, 7) is 0. The van der Waals surface area contributed by atoms with Gasteiger partial charge in [-0.3, -0.25) is 0 Å². The molecule has 6 heavy (non-hydrogen) atoms. The molecule has 6 heteroatoms. The molecule has 0 fully saturated rings. The number of hydrogen-bond acceptors (Lipinski definition) is 0. The first-order chi connectivity index (χ1) is 0. The van der Waals surface area contributed by atoms with E-state index in [1.165, 1.54) is 0 Å². The third-order valence-corrected chi connectivity index (χ3v) is 0. The van der Waals surface area contributed by atoms with Crippen molar-refractivity contribution in [2.24, 2.45) is 0 Å². The maximum absolute atomic E-state index is 0. The molecule has 0 amide bonds. The Hall–Kier alpha value is 3.50. The first kappa shape index (κ1) is 56.0. The normalized spacial score (nSPS) is 0. The average Bonchev–Trinajstić information content (AvgIpc) is 0. The van der Waals surface area contributed by atoms with Crippen molar-refractivity contribution < 1.29 is 19.5 Å². The number of hydrogen-bond donors (Lipinski definition) is 0. The van der Waals surface area contributed by atoms with Gasteiger partial charge in [0, 0.05) is 19.5 Å². The Morgan fingerprint density at radius 3 is 1.00 bits per heavy atom. The van der Waals surface area contributed by atoms with E-state index in [1.807, 2.05) is 0 Å². The van der Waals surface area contributed by atoms with Gasteiger partial charge in [-0.1, -0.05) is 0 Å². The van der Waals surface area contributed by atoms with Crippen molar-refractivity contribution in [3.05, 3.63) is 0 Å². The first-order valence-electron chi connectivity index (χ1n) is 0. The van der Waals surface area contributed by atoms with Crippen LogP contribution in [0, 0.1) is 0 Å². The minimum Gasteiger partial charge on any atom is 0 e. The molecule has 0 aromatic rings. The van der Waals surface area contributed by atoms with E-state index in [1.54, 1.807) is 0 Å². The van der Waals surface area contributed by atoms with Gasteiger partial charge in [0.15, 0.2) is 0 Å². The summed E-state index contributed by atoms with van der Waals surface area (Å²) < 4.78 is 0. The van der Waals surface area contributed by atoms with Crippen molar-refractivity contribution in [2.75, 3.05) is 0 Å². The van der Waals surface area contributed by atoms with Crippen molar-refractivity contribution in [3.8, 4) is 0 Å². The average molecular weight is 662 g/mol. The van der Waals surface area contributed by atoms with Crippen LogP contribution in [-0.4, -0.2) is 96.5 Å². The topological polar surface area (TPSA) is 0 Å². The first-order valence-corrected chi connectivity index (χ1v) is 0. The van der Waals surface area contributed by atoms with Gasteiger partial charge in [0.05, 0.1) is 8.41 Å². The zero-order chi connectivity index (χ0) is 0. The smallest absolute Gasteiger partial charge is 0 e. The molecule has 0 atom stereocenters. The van der Waals surface area contributed by atoms with Gasteiger partial charge in [-0.25, -0.2) is 0 Å². The SMILES string of the molecule is B.[BiH3].[PbH2].[SiH4].[TeH2].[Zn]. The largest absolute Gasteiger partial charge is 0 e. The summed E-state index contributed by atoms with van der Waals surface area (Å²) in [6.07, 6.45) is 0. The summed E-state index contributed by atoms with van der Waals surface area (Å²) in [6, 6.07) is 0. The van der Waals surface area contributed by atoms with Crippen molar-refractivity contribution in [1.29, 1.82) is 0 Å². The second-order valence-corrected chi connectivity index (χ2v) is 0. The summed E-state index contributed by atoms with van der Waals surface area (Å²) in [5, 5.41) is 0. The maximum Gasteiger partial charge on any atom is 0 e. The van der Waals surface area contributed by atoms with Gasteiger partial charge in [0.25, 0.3) is 0 Å². The minimum absolute atomic E-state index is 0. The van der Waals surface area contributed by atoms with E-state index in [0.29, 0.717) is 0 Å². The monoisotopic (exact) mass is 664 g/mol. The fourth-order valence-electron chi connectivity index (χ4n) is 0. The Labute approximate surface area is 114 Å². The van der Waals surface area contributed by atoms with Crippen LogP contribution in [-0.2, 0) is 19.5 Å². The van der Waals surface area contributed by atoms with Gasteiger partial charge >= 0.3 is 77.2 Å². The van der Waals surface area contributed by atoms with Crippen LogP contribution in [0.3, 0.4) is 0 Å². The van der Waals surface area contributed by atoms with Crippen LogP contribution in [0.25, 0.3) is 0 Å². The standard InChI is InChI=1S/BH3.Bi.Pb.H4Si.H2Te.Zn.5H/h1H3;;;1H4;1H2;;;;;;. The summed E-state index contributed by atoms with van der Waals surface area (Å²) in [4.78, 5) is 0. The van der Waals surface area contributed by atoms with Gasteiger partial charge in [-0.2, -0.15) is 0 Å². The molecular weight excluding hydrogens is 648 g/mol. The molecule has 0 saturated heterocycles. The maximum atomic E-state index is 0. The minimum atomic E-state index is 0. The molecule has 0 aliphatic rings. The second kappa shape index (κ2) is 39.0. The fraction of sp³-hybridized carbons (Fsp3) is 0. The Kier molecular flexibility index (Phi) is 364. The molecule has 0 heterocycles. The Morgan fingerprint density at radius 2 is 1.00 bits per heavy atom. The van der Waals surface area contributed by atoms with E-state index in [-0.39, 0.29) is 116 Å². The van der Waals surface area contributed by atoms with Crippen molar-refractivity contribution in [2.45, 2.75) is 0 Å². The Morgan fingerprint density at radius 1 is 1.00 bits per heavy atom. The van der Waals surface area contributed by atoms with Crippen molar-refractivity contribution in [1.82, 2.24) is 0 Å². The van der Waals surface area contributed by atoms with Crippen LogP contribution in [0.2, 0.25) is 0 Å². The number of rotatable bonds is 0.